The Kier molecular flexibility index (Phi) is 4.21. The zero-order valence-corrected chi connectivity index (χ0v) is 14.0. The minimum atomic E-state index is -0.316. The topological polar surface area (TPSA) is 35.5 Å². The Morgan fingerprint density at radius 3 is 2.59 bits per heavy atom. The zero-order valence-electron chi connectivity index (χ0n) is 12.5. The number of hydrogen-bond donors (Lipinski definition) is 0. The fraction of sp³-hybridized carbons (Fsp3) is 0.278. The number of hydrogen-bond acceptors (Lipinski definition) is 3. The molecule has 2 aromatic rings. The molecular formula is C18H17BrO3. The summed E-state index contributed by atoms with van der Waals surface area (Å²) in [5, 5.41) is 0. The Hall–Kier alpha value is -1.81. The second-order valence-corrected chi connectivity index (χ2v) is 6.44. The van der Waals surface area contributed by atoms with E-state index in [1.165, 1.54) is 6.92 Å². The smallest absolute Gasteiger partial charge is 0.303 e. The highest BCUT2D eigenvalue weighted by molar-refractivity contribution is 9.10. The van der Waals surface area contributed by atoms with Crippen molar-refractivity contribution in [1.82, 2.24) is 0 Å². The third-order valence-corrected chi connectivity index (χ3v) is 4.40. The molecule has 0 aliphatic carbocycles. The summed E-state index contributed by atoms with van der Waals surface area (Å²) in [6, 6.07) is 15.8. The van der Waals surface area contributed by atoms with Gasteiger partial charge in [-0.15, -0.1) is 0 Å². The van der Waals surface area contributed by atoms with Gasteiger partial charge in [-0.25, -0.2) is 0 Å². The SMILES string of the molecule is CC(=O)O[C@@H]1c2cc(Br)ccc2O[C@@H](c2ccccc2)[C@@H]1C. The number of ether oxygens (including phenoxy) is 2. The number of fused-ring (bicyclic) bond motifs is 1. The number of benzene rings is 2. The van der Waals surface area contributed by atoms with Gasteiger partial charge < -0.3 is 9.47 Å². The lowest BCUT2D eigenvalue weighted by molar-refractivity contribution is -0.153. The normalized spacial score (nSPS) is 23.3. The quantitative estimate of drug-likeness (QED) is 0.720. The molecule has 0 radical (unpaired) electrons. The van der Waals surface area contributed by atoms with Gasteiger partial charge in [0.1, 0.15) is 18.0 Å². The minimum Gasteiger partial charge on any atom is -0.485 e. The Bertz CT molecular complexity index is 684. The standard InChI is InChI=1S/C18H17BrO3/c1-11-17(13-6-4-3-5-7-13)22-16-9-8-14(19)10-15(16)18(11)21-12(2)20/h3-11,17-18H,1-2H3/t11-,17+,18-/m0/s1. The Morgan fingerprint density at radius 1 is 1.18 bits per heavy atom. The van der Waals surface area contributed by atoms with E-state index in [1.54, 1.807) is 0 Å². The molecule has 114 valence electrons. The minimum absolute atomic E-state index is 0.0214. The van der Waals surface area contributed by atoms with Gasteiger partial charge in [0.05, 0.1) is 0 Å². The molecular weight excluding hydrogens is 344 g/mol. The highest BCUT2D eigenvalue weighted by Crippen LogP contribution is 2.47. The summed E-state index contributed by atoms with van der Waals surface area (Å²) in [4.78, 5) is 11.5. The van der Waals surface area contributed by atoms with Crippen LogP contribution < -0.4 is 4.74 Å². The molecule has 0 spiro atoms. The van der Waals surface area contributed by atoms with Gasteiger partial charge in [0.2, 0.25) is 0 Å². The molecule has 0 saturated heterocycles. The van der Waals surface area contributed by atoms with E-state index >= 15 is 0 Å². The van der Waals surface area contributed by atoms with Crippen molar-refractivity contribution in [2.24, 2.45) is 5.92 Å². The number of carbonyl (C=O) groups is 1. The first kappa shape index (κ1) is 15.1. The van der Waals surface area contributed by atoms with Gasteiger partial charge >= 0.3 is 5.97 Å². The van der Waals surface area contributed by atoms with Crippen LogP contribution in [0.5, 0.6) is 5.75 Å². The third-order valence-electron chi connectivity index (χ3n) is 3.91. The molecule has 0 unspecified atom stereocenters. The van der Waals surface area contributed by atoms with E-state index in [0.717, 1.165) is 21.3 Å². The summed E-state index contributed by atoms with van der Waals surface area (Å²) in [5.74, 6) is 0.506. The maximum atomic E-state index is 11.5. The van der Waals surface area contributed by atoms with Crippen LogP contribution in [0.3, 0.4) is 0 Å². The summed E-state index contributed by atoms with van der Waals surface area (Å²) < 4.78 is 12.7. The molecule has 0 amide bonds. The van der Waals surface area contributed by atoms with E-state index in [2.05, 4.69) is 22.9 Å². The lowest BCUT2D eigenvalue weighted by Gasteiger charge is -2.37. The zero-order chi connectivity index (χ0) is 15.7. The van der Waals surface area contributed by atoms with Crippen molar-refractivity contribution in [3.63, 3.8) is 0 Å². The van der Waals surface area contributed by atoms with Gasteiger partial charge in [-0.05, 0) is 23.8 Å². The molecule has 2 aromatic carbocycles. The summed E-state index contributed by atoms with van der Waals surface area (Å²) in [5.41, 5.74) is 1.99. The summed E-state index contributed by atoms with van der Waals surface area (Å²) in [6.07, 6.45) is -0.455. The molecule has 1 aliphatic rings. The number of carbonyl (C=O) groups excluding carboxylic acids is 1. The lowest BCUT2D eigenvalue weighted by atomic mass is 9.85. The number of halogens is 1. The molecule has 4 heteroatoms. The van der Waals surface area contributed by atoms with E-state index < -0.39 is 0 Å². The molecule has 3 nitrogen and oxygen atoms in total. The lowest BCUT2D eigenvalue weighted by Crippen LogP contribution is -2.30. The van der Waals surface area contributed by atoms with Gasteiger partial charge in [-0.3, -0.25) is 4.79 Å². The molecule has 1 aliphatic heterocycles. The van der Waals surface area contributed by atoms with Gasteiger partial charge in [0.15, 0.2) is 0 Å². The summed E-state index contributed by atoms with van der Waals surface area (Å²) in [6.45, 7) is 3.49. The monoisotopic (exact) mass is 360 g/mol. The van der Waals surface area contributed by atoms with E-state index in [4.69, 9.17) is 9.47 Å². The van der Waals surface area contributed by atoms with E-state index in [9.17, 15) is 4.79 Å². The van der Waals surface area contributed by atoms with Gasteiger partial charge in [-0.1, -0.05) is 53.2 Å². The number of rotatable bonds is 2. The maximum Gasteiger partial charge on any atom is 0.303 e. The number of esters is 1. The fourth-order valence-corrected chi connectivity index (χ4v) is 3.28. The summed E-state index contributed by atoms with van der Waals surface area (Å²) >= 11 is 3.47. The second kappa shape index (κ2) is 6.13. The van der Waals surface area contributed by atoms with E-state index in [0.29, 0.717) is 0 Å². The van der Waals surface area contributed by atoms with Gasteiger partial charge in [0, 0.05) is 22.9 Å². The van der Waals surface area contributed by atoms with Gasteiger partial charge in [0.25, 0.3) is 0 Å². The Balaban J connectivity index is 2.04. The average molecular weight is 361 g/mol. The second-order valence-electron chi connectivity index (χ2n) is 5.52. The molecule has 0 fully saturated rings. The maximum absolute atomic E-state index is 11.5. The molecule has 0 bridgehead atoms. The van der Waals surface area contributed by atoms with Crippen LogP contribution in [0, 0.1) is 5.92 Å². The molecule has 3 rings (SSSR count). The van der Waals surface area contributed by atoms with Crippen LogP contribution >= 0.6 is 15.9 Å². The fourth-order valence-electron chi connectivity index (χ4n) is 2.90. The van der Waals surface area contributed by atoms with Crippen molar-refractivity contribution >= 4 is 21.9 Å². The molecule has 22 heavy (non-hydrogen) atoms. The van der Waals surface area contributed by atoms with Gasteiger partial charge in [-0.2, -0.15) is 0 Å². The predicted molar refractivity (Wildman–Crippen MR) is 87.6 cm³/mol. The molecule has 1 heterocycles. The van der Waals surface area contributed by atoms with Crippen molar-refractivity contribution in [3.8, 4) is 5.75 Å². The van der Waals surface area contributed by atoms with Crippen molar-refractivity contribution in [3.05, 3.63) is 64.1 Å². The van der Waals surface area contributed by atoms with Crippen LogP contribution in [0.15, 0.2) is 53.0 Å². The van der Waals surface area contributed by atoms with E-state index in [1.807, 2.05) is 48.5 Å². The van der Waals surface area contributed by atoms with Crippen molar-refractivity contribution in [1.29, 1.82) is 0 Å². The first-order valence-corrected chi connectivity index (χ1v) is 8.04. The Labute approximate surface area is 138 Å². The van der Waals surface area contributed by atoms with Crippen molar-refractivity contribution in [2.75, 3.05) is 0 Å². The summed E-state index contributed by atoms with van der Waals surface area (Å²) in [7, 11) is 0. The van der Waals surface area contributed by atoms with E-state index in [-0.39, 0.29) is 24.1 Å². The van der Waals surface area contributed by atoms with Crippen LogP contribution in [-0.4, -0.2) is 5.97 Å². The van der Waals surface area contributed by atoms with Crippen LogP contribution in [-0.2, 0) is 9.53 Å². The average Bonchev–Trinajstić information content (AvgIpc) is 2.51. The molecule has 0 aromatic heterocycles. The van der Waals surface area contributed by atoms with Crippen LogP contribution in [0.1, 0.15) is 37.2 Å². The van der Waals surface area contributed by atoms with Crippen LogP contribution in [0.2, 0.25) is 0 Å². The molecule has 3 atom stereocenters. The Morgan fingerprint density at radius 2 is 1.91 bits per heavy atom. The first-order valence-electron chi connectivity index (χ1n) is 7.24. The molecule has 0 saturated carbocycles. The van der Waals surface area contributed by atoms with Crippen molar-refractivity contribution in [2.45, 2.75) is 26.1 Å². The predicted octanol–water partition coefficient (Wildman–Crippen LogP) is 4.82. The van der Waals surface area contributed by atoms with Crippen LogP contribution in [0.4, 0.5) is 0 Å². The van der Waals surface area contributed by atoms with Crippen LogP contribution in [0.25, 0.3) is 0 Å². The molecule has 0 N–H and O–H groups in total. The largest absolute Gasteiger partial charge is 0.485 e. The third kappa shape index (κ3) is 2.88. The highest BCUT2D eigenvalue weighted by atomic mass is 79.9. The highest BCUT2D eigenvalue weighted by Gasteiger charge is 2.38. The van der Waals surface area contributed by atoms with Crippen molar-refractivity contribution < 1.29 is 14.3 Å². The first-order chi connectivity index (χ1) is 10.6.